The number of hydrogen-bond donors (Lipinski definition) is 0. The van der Waals surface area contributed by atoms with Gasteiger partial charge in [0, 0.05) is 30.5 Å². The van der Waals surface area contributed by atoms with E-state index in [1.165, 1.54) is 0 Å². The Morgan fingerprint density at radius 3 is 2.46 bits per heavy atom. The Balaban J connectivity index is 1.80. The van der Waals surface area contributed by atoms with E-state index in [1.54, 1.807) is 18.5 Å². The fourth-order valence-corrected chi connectivity index (χ4v) is 3.62. The minimum absolute atomic E-state index is 0.0495. The highest BCUT2D eigenvalue weighted by atomic mass is 35.5. The minimum Gasteiger partial charge on any atom is -0.334 e. The molecule has 1 aromatic heterocycles. The number of amides is 1. The third-order valence-electron chi connectivity index (χ3n) is 4.70. The summed E-state index contributed by atoms with van der Waals surface area (Å²) < 4.78 is 38.2. The van der Waals surface area contributed by atoms with Gasteiger partial charge in [0.25, 0.3) is 0 Å². The Kier molecular flexibility index (Phi) is 5.51. The van der Waals surface area contributed by atoms with Gasteiger partial charge in [-0.25, -0.2) is 0 Å². The number of benzene rings is 1. The molecule has 1 aromatic carbocycles. The predicted molar refractivity (Wildman–Crippen MR) is 93.1 cm³/mol. The topological polar surface area (TPSA) is 33.2 Å². The molecule has 0 saturated heterocycles. The van der Waals surface area contributed by atoms with E-state index in [1.807, 2.05) is 18.2 Å². The standard InChI is InChI=1S/C19H18ClF3N2O/c20-17-4-2-14-7-11-25(18(26)19(21,22)23)12-8-15(14)16(17)3-1-13-5-9-24-10-6-13/h2,4-6,9-10H,1,3,7-8,11-12H2. The number of rotatable bonds is 3. The molecule has 2 heterocycles. The molecule has 3 nitrogen and oxygen atoms in total. The van der Waals surface area contributed by atoms with Gasteiger partial charge in [-0.1, -0.05) is 17.7 Å². The second kappa shape index (κ2) is 7.66. The molecule has 0 aliphatic carbocycles. The van der Waals surface area contributed by atoms with Crippen LogP contribution in [0.4, 0.5) is 13.2 Å². The van der Waals surface area contributed by atoms with Gasteiger partial charge in [0.15, 0.2) is 0 Å². The summed E-state index contributed by atoms with van der Waals surface area (Å²) >= 11 is 6.38. The molecule has 138 valence electrons. The van der Waals surface area contributed by atoms with E-state index in [0.717, 1.165) is 33.6 Å². The molecule has 1 aliphatic rings. The van der Waals surface area contributed by atoms with Crippen LogP contribution in [0, 0.1) is 0 Å². The number of aryl methyl sites for hydroxylation is 1. The normalized spacial score (nSPS) is 14.7. The van der Waals surface area contributed by atoms with Crippen molar-refractivity contribution >= 4 is 17.5 Å². The van der Waals surface area contributed by atoms with E-state index in [0.29, 0.717) is 24.3 Å². The van der Waals surface area contributed by atoms with Crippen molar-refractivity contribution in [3.8, 4) is 0 Å². The summed E-state index contributed by atoms with van der Waals surface area (Å²) in [5.41, 5.74) is 4.03. The van der Waals surface area contributed by atoms with Gasteiger partial charge in [-0.05, 0) is 66.1 Å². The quantitative estimate of drug-likeness (QED) is 0.803. The Labute approximate surface area is 154 Å². The van der Waals surface area contributed by atoms with E-state index in [2.05, 4.69) is 4.98 Å². The molecular formula is C19H18ClF3N2O. The number of fused-ring (bicyclic) bond motifs is 1. The van der Waals surface area contributed by atoms with Gasteiger partial charge in [0.1, 0.15) is 0 Å². The molecule has 7 heteroatoms. The van der Waals surface area contributed by atoms with Crippen molar-refractivity contribution in [3.63, 3.8) is 0 Å². The first-order valence-corrected chi connectivity index (χ1v) is 8.78. The van der Waals surface area contributed by atoms with Crippen LogP contribution < -0.4 is 0 Å². The summed E-state index contributed by atoms with van der Waals surface area (Å²) in [4.78, 5) is 16.4. The molecule has 26 heavy (non-hydrogen) atoms. The number of aromatic nitrogens is 1. The van der Waals surface area contributed by atoms with Crippen molar-refractivity contribution < 1.29 is 18.0 Å². The van der Waals surface area contributed by atoms with Crippen molar-refractivity contribution in [2.75, 3.05) is 13.1 Å². The number of hydrogen-bond acceptors (Lipinski definition) is 2. The number of halogens is 4. The average Bonchev–Trinajstić information content (AvgIpc) is 2.83. The summed E-state index contributed by atoms with van der Waals surface area (Å²) in [7, 11) is 0. The van der Waals surface area contributed by atoms with E-state index in [-0.39, 0.29) is 13.1 Å². The first kappa shape index (κ1) is 18.7. The zero-order chi connectivity index (χ0) is 18.7. The third-order valence-corrected chi connectivity index (χ3v) is 5.05. The molecule has 0 bridgehead atoms. The minimum atomic E-state index is -4.83. The molecule has 1 aliphatic heterocycles. The molecular weight excluding hydrogens is 365 g/mol. The van der Waals surface area contributed by atoms with Crippen LogP contribution in [0.3, 0.4) is 0 Å². The molecule has 0 atom stereocenters. The molecule has 0 N–H and O–H groups in total. The van der Waals surface area contributed by atoms with Crippen LogP contribution in [0.15, 0.2) is 36.7 Å². The van der Waals surface area contributed by atoms with Gasteiger partial charge in [-0.15, -0.1) is 0 Å². The monoisotopic (exact) mass is 382 g/mol. The van der Waals surface area contributed by atoms with Crippen LogP contribution in [0.25, 0.3) is 0 Å². The van der Waals surface area contributed by atoms with E-state index < -0.39 is 12.1 Å². The van der Waals surface area contributed by atoms with Crippen LogP contribution >= 0.6 is 11.6 Å². The van der Waals surface area contributed by atoms with Gasteiger partial charge in [0.2, 0.25) is 0 Å². The number of carbonyl (C=O) groups is 1. The molecule has 0 spiro atoms. The number of carbonyl (C=O) groups excluding carboxylic acids is 1. The number of alkyl halides is 3. The molecule has 0 saturated carbocycles. The second-order valence-corrected chi connectivity index (χ2v) is 6.72. The van der Waals surface area contributed by atoms with E-state index in [4.69, 9.17) is 11.6 Å². The summed E-state index contributed by atoms with van der Waals surface area (Å²) in [6.07, 6.45) is 0.855. The van der Waals surface area contributed by atoms with Crippen molar-refractivity contribution in [1.29, 1.82) is 0 Å². The van der Waals surface area contributed by atoms with Crippen LogP contribution in [-0.2, 0) is 30.5 Å². The first-order valence-electron chi connectivity index (χ1n) is 8.40. The van der Waals surface area contributed by atoms with Gasteiger partial charge in [-0.2, -0.15) is 13.2 Å². The van der Waals surface area contributed by atoms with Crippen LogP contribution in [-0.4, -0.2) is 35.1 Å². The van der Waals surface area contributed by atoms with Crippen LogP contribution in [0.2, 0.25) is 5.02 Å². The average molecular weight is 383 g/mol. The van der Waals surface area contributed by atoms with Crippen molar-refractivity contribution in [2.45, 2.75) is 31.9 Å². The molecule has 0 unspecified atom stereocenters. The maximum Gasteiger partial charge on any atom is 0.471 e. The first-order chi connectivity index (χ1) is 12.4. The van der Waals surface area contributed by atoms with Crippen molar-refractivity contribution in [2.24, 2.45) is 0 Å². The number of pyridine rings is 1. The largest absolute Gasteiger partial charge is 0.471 e. The zero-order valence-electron chi connectivity index (χ0n) is 14.0. The molecule has 1 amide bonds. The molecule has 3 rings (SSSR count). The smallest absolute Gasteiger partial charge is 0.334 e. The Hall–Kier alpha value is -2.08. The summed E-state index contributed by atoms with van der Waals surface area (Å²) in [6, 6.07) is 7.51. The Morgan fingerprint density at radius 1 is 1.08 bits per heavy atom. The Bertz CT molecular complexity index is 793. The SMILES string of the molecule is O=C(N1CCc2ccc(Cl)c(CCc3ccncc3)c2CC1)C(F)(F)F. The number of nitrogens with zero attached hydrogens (tertiary/aromatic N) is 2. The van der Waals surface area contributed by atoms with Crippen molar-refractivity contribution in [1.82, 2.24) is 9.88 Å². The molecule has 0 radical (unpaired) electrons. The van der Waals surface area contributed by atoms with Crippen LogP contribution in [0.1, 0.15) is 22.3 Å². The highest BCUT2D eigenvalue weighted by molar-refractivity contribution is 6.31. The fraction of sp³-hybridized carbons (Fsp3) is 0.368. The third kappa shape index (κ3) is 4.18. The lowest BCUT2D eigenvalue weighted by molar-refractivity contribution is -0.185. The predicted octanol–water partition coefficient (Wildman–Crippen LogP) is 4.01. The maximum absolute atomic E-state index is 12.7. The lowest BCUT2D eigenvalue weighted by Crippen LogP contribution is -2.42. The van der Waals surface area contributed by atoms with Gasteiger partial charge in [-0.3, -0.25) is 9.78 Å². The van der Waals surface area contributed by atoms with Crippen molar-refractivity contribution in [3.05, 3.63) is 63.9 Å². The maximum atomic E-state index is 12.7. The lowest BCUT2D eigenvalue weighted by atomic mass is 9.93. The molecule has 0 fully saturated rings. The molecule has 2 aromatic rings. The Morgan fingerprint density at radius 2 is 1.77 bits per heavy atom. The van der Waals surface area contributed by atoms with E-state index >= 15 is 0 Å². The van der Waals surface area contributed by atoms with Gasteiger partial charge in [0.05, 0.1) is 0 Å². The highest BCUT2D eigenvalue weighted by Gasteiger charge is 2.42. The summed E-state index contributed by atoms with van der Waals surface area (Å²) in [6.45, 7) is 0.116. The zero-order valence-corrected chi connectivity index (χ0v) is 14.8. The van der Waals surface area contributed by atoms with E-state index in [9.17, 15) is 18.0 Å². The summed E-state index contributed by atoms with van der Waals surface area (Å²) in [5.74, 6) is -1.77. The fourth-order valence-electron chi connectivity index (χ4n) is 3.34. The highest BCUT2D eigenvalue weighted by Crippen LogP contribution is 2.29. The summed E-state index contributed by atoms with van der Waals surface area (Å²) in [5, 5.41) is 0.619. The van der Waals surface area contributed by atoms with Crippen LogP contribution in [0.5, 0.6) is 0 Å². The lowest BCUT2D eigenvalue weighted by Gasteiger charge is -2.21. The van der Waals surface area contributed by atoms with Gasteiger partial charge < -0.3 is 4.90 Å². The second-order valence-electron chi connectivity index (χ2n) is 6.31. The van der Waals surface area contributed by atoms with Gasteiger partial charge >= 0.3 is 12.1 Å².